The SMILES string of the molecule is Cc1cc(CNC(C)C)cc(N(C)CCN2CCCC2)n1. The van der Waals surface area contributed by atoms with Crippen LogP contribution in [0.3, 0.4) is 0 Å². The molecule has 0 radical (unpaired) electrons. The first kappa shape index (κ1) is 16.2. The number of rotatable bonds is 7. The largest absolute Gasteiger partial charge is 0.358 e. The van der Waals surface area contributed by atoms with Gasteiger partial charge in [-0.2, -0.15) is 0 Å². The van der Waals surface area contributed by atoms with Crippen LogP contribution in [0.25, 0.3) is 0 Å². The van der Waals surface area contributed by atoms with Crippen LogP contribution in [-0.4, -0.2) is 49.2 Å². The smallest absolute Gasteiger partial charge is 0.128 e. The minimum absolute atomic E-state index is 0.509. The minimum atomic E-state index is 0.509. The summed E-state index contributed by atoms with van der Waals surface area (Å²) in [4.78, 5) is 9.52. The summed E-state index contributed by atoms with van der Waals surface area (Å²) in [7, 11) is 2.15. The first-order valence-corrected chi connectivity index (χ1v) is 8.19. The monoisotopic (exact) mass is 290 g/mol. The van der Waals surface area contributed by atoms with E-state index < -0.39 is 0 Å². The van der Waals surface area contributed by atoms with Gasteiger partial charge in [-0.25, -0.2) is 4.98 Å². The number of anilines is 1. The number of aryl methyl sites for hydroxylation is 1. The lowest BCUT2D eigenvalue weighted by atomic mass is 10.2. The van der Waals surface area contributed by atoms with Gasteiger partial charge in [-0.3, -0.25) is 0 Å². The highest BCUT2D eigenvalue weighted by molar-refractivity contribution is 5.41. The molecule has 0 unspecified atom stereocenters. The number of likely N-dealkylation sites (N-methyl/N-ethyl adjacent to an activating group) is 1. The van der Waals surface area contributed by atoms with Gasteiger partial charge in [-0.1, -0.05) is 13.8 Å². The van der Waals surface area contributed by atoms with E-state index in [0.29, 0.717) is 6.04 Å². The number of hydrogen-bond acceptors (Lipinski definition) is 4. The highest BCUT2D eigenvalue weighted by Gasteiger charge is 2.13. The lowest BCUT2D eigenvalue weighted by molar-refractivity contribution is 0.346. The first-order chi connectivity index (χ1) is 10.0. The topological polar surface area (TPSA) is 31.4 Å². The van der Waals surface area contributed by atoms with Gasteiger partial charge in [-0.15, -0.1) is 0 Å². The number of aromatic nitrogens is 1. The van der Waals surface area contributed by atoms with E-state index in [2.05, 4.69) is 60.1 Å². The van der Waals surface area contributed by atoms with Gasteiger partial charge in [0.15, 0.2) is 0 Å². The van der Waals surface area contributed by atoms with Crippen molar-refractivity contribution in [1.82, 2.24) is 15.2 Å². The van der Waals surface area contributed by atoms with E-state index in [-0.39, 0.29) is 0 Å². The molecule has 1 fully saturated rings. The Hall–Kier alpha value is -1.13. The van der Waals surface area contributed by atoms with Gasteiger partial charge in [-0.05, 0) is 50.6 Å². The molecule has 0 amide bonds. The molecule has 0 aliphatic carbocycles. The molecule has 1 N–H and O–H groups in total. The van der Waals surface area contributed by atoms with Crippen molar-refractivity contribution in [3.8, 4) is 0 Å². The highest BCUT2D eigenvalue weighted by Crippen LogP contribution is 2.15. The van der Waals surface area contributed by atoms with E-state index >= 15 is 0 Å². The standard InChI is InChI=1S/C17H30N4/c1-14(2)18-13-16-11-15(3)19-17(12-16)20(4)9-10-21-7-5-6-8-21/h11-12,14,18H,5-10,13H2,1-4H3. The molecule has 1 aromatic rings. The highest BCUT2D eigenvalue weighted by atomic mass is 15.2. The normalized spacial score (nSPS) is 15.9. The van der Waals surface area contributed by atoms with Crippen LogP contribution < -0.4 is 10.2 Å². The predicted octanol–water partition coefficient (Wildman–Crippen LogP) is 2.42. The molecule has 118 valence electrons. The Labute approximate surface area is 129 Å². The molecule has 1 aliphatic heterocycles. The van der Waals surface area contributed by atoms with Gasteiger partial charge in [0.2, 0.25) is 0 Å². The Morgan fingerprint density at radius 1 is 1.29 bits per heavy atom. The molecule has 4 nitrogen and oxygen atoms in total. The Morgan fingerprint density at radius 2 is 2.00 bits per heavy atom. The summed E-state index contributed by atoms with van der Waals surface area (Å²) in [6, 6.07) is 4.90. The fraction of sp³-hybridized carbons (Fsp3) is 0.706. The van der Waals surface area contributed by atoms with E-state index in [1.165, 1.54) is 31.5 Å². The number of nitrogens with zero attached hydrogens (tertiary/aromatic N) is 3. The Bertz CT molecular complexity index is 438. The summed E-state index contributed by atoms with van der Waals surface area (Å²) in [6.07, 6.45) is 2.72. The van der Waals surface area contributed by atoms with Crippen LogP contribution >= 0.6 is 0 Å². The average Bonchev–Trinajstić information content (AvgIpc) is 2.95. The molecule has 4 heteroatoms. The molecule has 1 aliphatic rings. The van der Waals surface area contributed by atoms with Gasteiger partial charge in [0.05, 0.1) is 0 Å². The molecule has 0 saturated carbocycles. The summed E-state index contributed by atoms with van der Waals surface area (Å²) in [5, 5.41) is 3.48. The summed E-state index contributed by atoms with van der Waals surface area (Å²) < 4.78 is 0. The molecule has 0 atom stereocenters. The van der Waals surface area contributed by atoms with E-state index in [9.17, 15) is 0 Å². The Morgan fingerprint density at radius 3 is 2.67 bits per heavy atom. The average molecular weight is 290 g/mol. The van der Waals surface area contributed by atoms with Crippen molar-refractivity contribution in [2.75, 3.05) is 38.1 Å². The maximum absolute atomic E-state index is 4.69. The summed E-state index contributed by atoms with van der Waals surface area (Å²) in [5.41, 5.74) is 2.42. The zero-order valence-corrected chi connectivity index (χ0v) is 14.0. The van der Waals surface area contributed by atoms with Crippen molar-refractivity contribution < 1.29 is 0 Å². The molecular formula is C17H30N4. The zero-order chi connectivity index (χ0) is 15.2. The second kappa shape index (κ2) is 7.76. The van der Waals surface area contributed by atoms with Crippen molar-refractivity contribution in [2.24, 2.45) is 0 Å². The Kier molecular flexibility index (Phi) is 6.00. The summed E-state index contributed by atoms with van der Waals surface area (Å²) in [6.45, 7) is 12.1. The molecule has 2 rings (SSSR count). The molecular weight excluding hydrogens is 260 g/mol. The third-order valence-corrected chi connectivity index (χ3v) is 4.06. The van der Waals surface area contributed by atoms with E-state index in [1.807, 2.05) is 0 Å². The van der Waals surface area contributed by atoms with Crippen LogP contribution in [-0.2, 0) is 6.54 Å². The number of pyridine rings is 1. The van der Waals surface area contributed by atoms with E-state index in [4.69, 9.17) is 0 Å². The third kappa shape index (κ3) is 5.29. The van der Waals surface area contributed by atoms with Crippen molar-refractivity contribution in [3.63, 3.8) is 0 Å². The van der Waals surface area contributed by atoms with E-state index in [1.54, 1.807) is 0 Å². The number of hydrogen-bond donors (Lipinski definition) is 1. The van der Waals surface area contributed by atoms with Gasteiger partial charge in [0.1, 0.15) is 5.82 Å². The molecule has 1 saturated heterocycles. The lowest BCUT2D eigenvalue weighted by Gasteiger charge is -2.23. The van der Waals surface area contributed by atoms with Gasteiger partial charge >= 0.3 is 0 Å². The molecule has 0 spiro atoms. The van der Waals surface area contributed by atoms with Gasteiger partial charge < -0.3 is 15.1 Å². The number of likely N-dealkylation sites (tertiary alicyclic amines) is 1. The molecule has 1 aromatic heterocycles. The van der Waals surface area contributed by atoms with Crippen molar-refractivity contribution in [1.29, 1.82) is 0 Å². The lowest BCUT2D eigenvalue weighted by Crippen LogP contribution is -2.32. The maximum Gasteiger partial charge on any atom is 0.128 e. The van der Waals surface area contributed by atoms with Crippen LogP contribution in [0.2, 0.25) is 0 Å². The summed E-state index contributed by atoms with van der Waals surface area (Å²) in [5.74, 6) is 1.09. The van der Waals surface area contributed by atoms with Crippen molar-refractivity contribution in [3.05, 3.63) is 23.4 Å². The van der Waals surface area contributed by atoms with E-state index in [0.717, 1.165) is 31.1 Å². The molecule has 21 heavy (non-hydrogen) atoms. The second-order valence-electron chi connectivity index (χ2n) is 6.48. The summed E-state index contributed by atoms with van der Waals surface area (Å²) >= 11 is 0. The van der Waals surface area contributed by atoms with Crippen LogP contribution in [0.15, 0.2) is 12.1 Å². The molecule has 0 aromatic carbocycles. The quantitative estimate of drug-likeness (QED) is 0.836. The van der Waals surface area contributed by atoms with Crippen molar-refractivity contribution in [2.45, 2.75) is 46.2 Å². The second-order valence-corrected chi connectivity index (χ2v) is 6.48. The first-order valence-electron chi connectivity index (χ1n) is 8.19. The maximum atomic E-state index is 4.69. The Balaban J connectivity index is 1.93. The van der Waals surface area contributed by atoms with Crippen LogP contribution in [0.5, 0.6) is 0 Å². The minimum Gasteiger partial charge on any atom is -0.358 e. The zero-order valence-electron chi connectivity index (χ0n) is 14.0. The number of nitrogens with one attached hydrogen (secondary N) is 1. The van der Waals surface area contributed by atoms with Crippen LogP contribution in [0, 0.1) is 6.92 Å². The third-order valence-electron chi connectivity index (χ3n) is 4.06. The fourth-order valence-corrected chi connectivity index (χ4v) is 2.75. The van der Waals surface area contributed by atoms with Gasteiger partial charge in [0.25, 0.3) is 0 Å². The van der Waals surface area contributed by atoms with Crippen LogP contribution in [0.4, 0.5) is 5.82 Å². The fourth-order valence-electron chi connectivity index (χ4n) is 2.75. The molecule has 0 bridgehead atoms. The van der Waals surface area contributed by atoms with Gasteiger partial charge in [0, 0.05) is 38.4 Å². The van der Waals surface area contributed by atoms with Crippen LogP contribution in [0.1, 0.15) is 37.9 Å². The predicted molar refractivity (Wildman–Crippen MR) is 89.9 cm³/mol. The van der Waals surface area contributed by atoms with Crippen molar-refractivity contribution >= 4 is 5.82 Å². The molecule has 2 heterocycles.